The Hall–Kier alpha value is -2.41. The van der Waals surface area contributed by atoms with Crippen LogP contribution in [0.2, 0.25) is 0 Å². The molecule has 0 atom stereocenters. The number of pyridine rings is 1. The van der Waals surface area contributed by atoms with E-state index in [4.69, 9.17) is 0 Å². The molecule has 1 heteroatoms. The lowest BCUT2D eigenvalue weighted by Crippen LogP contribution is -2.19. The van der Waals surface area contributed by atoms with Gasteiger partial charge >= 0.3 is 0 Å². The monoisotopic (exact) mass is 243 g/mol. The van der Waals surface area contributed by atoms with Crippen LogP contribution in [0.15, 0.2) is 60.8 Å². The third-order valence-electron chi connectivity index (χ3n) is 3.74. The van der Waals surface area contributed by atoms with Gasteiger partial charge in [-0.05, 0) is 22.1 Å². The summed E-state index contributed by atoms with van der Waals surface area (Å²) in [7, 11) is 0. The van der Waals surface area contributed by atoms with Crippen molar-refractivity contribution in [3.05, 3.63) is 76.8 Å². The lowest BCUT2D eigenvalue weighted by Gasteiger charge is -2.08. The second kappa shape index (κ2) is 4.06. The summed E-state index contributed by atoms with van der Waals surface area (Å²) in [6.07, 6.45) is 6.51. The van der Waals surface area contributed by atoms with Gasteiger partial charge in [0.05, 0.1) is 5.52 Å². The molecule has 19 heavy (non-hydrogen) atoms. The summed E-state index contributed by atoms with van der Waals surface area (Å²) in [5.74, 6) is 0.330. The fraction of sp³-hybridized carbons (Fsp3) is 0.0556. The Morgan fingerprint density at radius 3 is 2.26 bits per heavy atom. The number of benzene rings is 2. The fourth-order valence-electron chi connectivity index (χ4n) is 2.83. The molecule has 90 valence electrons. The lowest BCUT2D eigenvalue weighted by atomic mass is 9.97. The van der Waals surface area contributed by atoms with Crippen LogP contribution in [-0.2, 0) is 0 Å². The second-order valence-corrected chi connectivity index (χ2v) is 4.91. The molecule has 1 aromatic heterocycles. The summed E-state index contributed by atoms with van der Waals surface area (Å²) in [5, 5.41) is 3.85. The Morgan fingerprint density at radius 1 is 0.737 bits per heavy atom. The van der Waals surface area contributed by atoms with Crippen molar-refractivity contribution in [2.75, 3.05) is 0 Å². The van der Waals surface area contributed by atoms with Crippen molar-refractivity contribution in [2.45, 2.75) is 5.92 Å². The van der Waals surface area contributed by atoms with Gasteiger partial charge in [0.25, 0.3) is 0 Å². The largest absolute Gasteiger partial charge is 0.256 e. The molecule has 0 bridgehead atoms. The molecule has 1 aliphatic carbocycles. The Balaban J connectivity index is 1.96. The summed E-state index contributed by atoms with van der Waals surface area (Å²) in [5.41, 5.74) is 2.39. The first-order valence-electron chi connectivity index (χ1n) is 6.54. The van der Waals surface area contributed by atoms with E-state index in [1.165, 1.54) is 21.4 Å². The molecular weight excluding hydrogens is 230 g/mol. The molecule has 0 unspecified atom stereocenters. The van der Waals surface area contributed by atoms with E-state index in [2.05, 4.69) is 65.7 Å². The SMILES string of the molecule is C1=c2ccccc2=CC1c1cccc2cccnc12. The second-order valence-electron chi connectivity index (χ2n) is 4.91. The topological polar surface area (TPSA) is 12.9 Å². The van der Waals surface area contributed by atoms with E-state index in [9.17, 15) is 0 Å². The minimum absolute atomic E-state index is 0.330. The molecule has 4 rings (SSSR count). The molecule has 1 heterocycles. The highest BCUT2D eigenvalue weighted by atomic mass is 14.6. The molecule has 1 nitrogen and oxygen atoms in total. The molecule has 0 fully saturated rings. The number of para-hydroxylation sites is 1. The van der Waals surface area contributed by atoms with E-state index in [0.29, 0.717) is 5.92 Å². The van der Waals surface area contributed by atoms with Crippen LogP contribution in [0.5, 0.6) is 0 Å². The van der Waals surface area contributed by atoms with Crippen molar-refractivity contribution in [2.24, 2.45) is 0 Å². The highest BCUT2D eigenvalue weighted by Gasteiger charge is 2.13. The molecule has 0 radical (unpaired) electrons. The lowest BCUT2D eigenvalue weighted by molar-refractivity contribution is 1.22. The van der Waals surface area contributed by atoms with Gasteiger partial charge in [0.2, 0.25) is 0 Å². The first-order chi connectivity index (χ1) is 9.42. The molecule has 3 aromatic rings. The van der Waals surface area contributed by atoms with E-state index in [0.717, 1.165) is 5.52 Å². The van der Waals surface area contributed by atoms with Crippen molar-refractivity contribution in [3.8, 4) is 0 Å². The zero-order valence-electron chi connectivity index (χ0n) is 10.5. The Kier molecular flexibility index (Phi) is 2.25. The number of rotatable bonds is 1. The highest BCUT2D eigenvalue weighted by molar-refractivity contribution is 5.84. The number of aromatic nitrogens is 1. The van der Waals surface area contributed by atoms with Gasteiger partial charge in [0.1, 0.15) is 0 Å². The van der Waals surface area contributed by atoms with Crippen LogP contribution in [0.1, 0.15) is 11.5 Å². The van der Waals surface area contributed by atoms with Crippen LogP contribution < -0.4 is 10.4 Å². The van der Waals surface area contributed by atoms with Gasteiger partial charge in [-0.2, -0.15) is 0 Å². The molecule has 0 N–H and O–H groups in total. The smallest absolute Gasteiger partial charge is 0.0743 e. The zero-order chi connectivity index (χ0) is 12.7. The predicted octanol–water partition coefficient (Wildman–Crippen LogP) is 2.59. The predicted molar refractivity (Wildman–Crippen MR) is 79.1 cm³/mol. The summed E-state index contributed by atoms with van der Waals surface area (Å²) < 4.78 is 0. The minimum atomic E-state index is 0.330. The average Bonchev–Trinajstić information content (AvgIpc) is 2.90. The number of hydrogen-bond donors (Lipinski definition) is 0. The van der Waals surface area contributed by atoms with Crippen LogP contribution in [0, 0.1) is 0 Å². The zero-order valence-corrected chi connectivity index (χ0v) is 10.5. The molecule has 0 aliphatic heterocycles. The number of nitrogens with zero attached hydrogens (tertiary/aromatic N) is 1. The van der Waals surface area contributed by atoms with Crippen LogP contribution >= 0.6 is 0 Å². The van der Waals surface area contributed by atoms with Gasteiger partial charge in [-0.25, -0.2) is 0 Å². The van der Waals surface area contributed by atoms with Crippen LogP contribution in [0.25, 0.3) is 23.1 Å². The van der Waals surface area contributed by atoms with E-state index >= 15 is 0 Å². The van der Waals surface area contributed by atoms with Crippen LogP contribution in [0.4, 0.5) is 0 Å². The van der Waals surface area contributed by atoms with Crippen molar-refractivity contribution < 1.29 is 0 Å². The van der Waals surface area contributed by atoms with Gasteiger partial charge in [0, 0.05) is 17.5 Å². The quantitative estimate of drug-likeness (QED) is 0.640. The normalized spacial score (nSPS) is 13.9. The van der Waals surface area contributed by atoms with Gasteiger partial charge in [0.15, 0.2) is 0 Å². The number of fused-ring (bicyclic) bond motifs is 2. The van der Waals surface area contributed by atoms with Gasteiger partial charge in [-0.1, -0.05) is 60.7 Å². The summed E-state index contributed by atoms with van der Waals surface area (Å²) in [4.78, 5) is 4.55. The van der Waals surface area contributed by atoms with E-state index in [-0.39, 0.29) is 0 Å². The number of hydrogen-bond acceptors (Lipinski definition) is 1. The first-order valence-corrected chi connectivity index (χ1v) is 6.54. The van der Waals surface area contributed by atoms with Crippen molar-refractivity contribution >= 4 is 23.1 Å². The van der Waals surface area contributed by atoms with Gasteiger partial charge in [-0.3, -0.25) is 4.98 Å². The molecule has 0 amide bonds. The third kappa shape index (κ3) is 1.66. The summed E-state index contributed by atoms with van der Waals surface area (Å²) in [6.45, 7) is 0. The maximum Gasteiger partial charge on any atom is 0.0743 e. The fourth-order valence-corrected chi connectivity index (χ4v) is 2.83. The molecular formula is C18H13N. The molecule has 0 spiro atoms. The Labute approximate surface area is 111 Å². The standard InChI is InChI=1S/C18H13N/c1-2-6-15-12-16(11-14(15)5-1)17-9-3-7-13-8-4-10-19-18(13)17/h1-12,16H. The third-order valence-corrected chi connectivity index (χ3v) is 3.74. The minimum Gasteiger partial charge on any atom is -0.256 e. The van der Waals surface area contributed by atoms with Crippen LogP contribution in [-0.4, -0.2) is 4.98 Å². The first kappa shape index (κ1) is 10.5. The summed E-state index contributed by atoms with van der Waals surface area (Å²) in [6, 6.07) is 19.0. The van der Waals surface area contributed by atoms with Gasteiger partial charge < -0.3 is 0 Å². The summed E-state index contributed by atoms with van der Waals surface area (Å²) >= 11 is 0. The molecule has 0 saturated carbocycles. The molecule has 2 aromatic carbocycles. The molecule has 0 saturated heterocycles. The van der Waals surface area contributed by atoms with Crippen molar-refractivity contribution in [3.63, 3.8) is 0 Å². The molecule has 1 aliphatic rings. The Morgan fingerprint density at radius 2 is 1.47 bits per heavy atom. The van der Waals surface area contributed by atoms with E-state index < -0.39 is 0 Å². The van der Waals surface area contributed by atoms with Crippen LogP contribution in [0.3, 0.4) is 0 Å². The van der Waals surface area contributed by atoms with E-state index in [1.807, 2.05) is 12.3 Å². The maximum atomic E-state index is 4.55. The van der Waals surface area contributed by atoms with Crippen molar-refractivity contribution in [1.82, 2.24) is 4.98 Å². The van der Waals surface area contributed by atoms with Gasteiger partial charge in [-0.15, -0.1) is 0 Å². The highest BCUT2D eigenvalue weighted by Crippen LogP contribution is 2.27. The average molecular weight is 243 g/mol. The van der Waals surface area contributed by atoms with E-state index in [1.54, 1.807) is 0 Å². The maximum absolute atomic E-state index is 4.55. The van der Waals surface area contributed by atoms with Crippen molar-refractivity contribution in [1.29, 1.82) is 0 Å². The Bertz CT molecular complexity index is 837.